The SMILES string of the molecule is C.Cc1cc(F)ccc1-c1nc(NC[C@@H](C)O)nc2c1ccc(=O)n2-c1ccccc1C. The first kappa shape index (κ1) is 23.1. The number of nitrogens with one attached hydrogen (secondary N) is 1. The van der Waals surface area contributed by atoms with E-state index in [-0.39, 0.29) is 31.3 Å². The normalized spacial score (nSPS) is 11.8. The van der Waals surface area contributed by atoms with Crippen LogP contribution >= 0.6 is 0 Å². The number of nitrogens with zero attached hydrogens (tertiary/aromatic N) is 3. The number of aliphatic hydroxyl groups excluding tert-OH is 1. The van der Waals surface area contributed by atoms with E-state index in [1.165, 1.54) is 18.2 Å². The molecule has 1 atom stereocenters. The summed E-state index contributed by atoms with van der Waals surface area (Å²) in [4.78, 5) is 22.2. The Labute approximate surface area is 186 Å². The van der Waals surface area contributed by atoms with Crippen molar-refractivity contribution in [2.24, 2.45) is 0 Å². The summed E-state index contributed by atoms with van der Waals surface area (Å²) in [6.45, 7) is 5.64. The Bertz CT molecular complexity index is 1330. The van der Waals surface area contributed by atoms with Crippen molar-refractivity contribution < 1.29 is 9.50 Å². The first-order valence-corrected chi connectivity index (χ1v) is 10.0. The number of pyridine rings is 1. The van der Waals surface area contributed by atoms with Gasteiger partial charge in [-0.25, -0.2) is 9.37 Å². The van der Waals surface area contributed by atoms with Crippen LogP contribution in [-0.4, -0.2) is 32.3 Å². The number of aromatic nitrogens is 3. The van der Waals surface area contributed by atoms with Gasteiger partial charge in [0.25, 0.3) is 5.56 Å². The lowest BCUT2D eigenvalue weighted by atomic mass is 10.0. The molecule has 0 amide bonds. The van der Waals surface area contributed by atoms with Crippen LogP contribution in [0.15, 0.2) is 59.4 Å². The number of halogens is 1. The summed E-state index contributed by atoms with van der Waals surface area (Å²) in [5.74, 6) is -0.0519. The number of aryl methyl sites for hydroxylation is 2. The first-order valence-electron chi connectivity index (χ1n) is 10.0. The molecular weight excluding hydrogens is 407 g/mol. The van der Waals surface area contributed by atoms with Gasteiger partial charge in [-0.05, 0) is 62.2 Å². The fourth-order valence-corrected chi connectivity index (χ4v) is 3.58. The van der Waals surface area contributed by atoms with Crippen LogP contribution in [-0.2, 0) is 0 Å². The van der Waals surface area contributed by atoms with Crippen LogP contribution in [0, 0.1) is 19.7 Å². The molecule has 2 heterocycles. The number of para-hydroxylation sites is 1. The molecule has 166 valence electrons. The van der Waals surface area contributed by atoms with Gasteiger partial charge in [-0.3, -0.25) is 9.36 Å². The topological polar surface area (TPSA) is 80.0 Å². The van der Waals surface area contributed by atoms with Gasteiger partial charge < -0.3 is 10.4 Å². The zero-order chi connectivity index (χ0) is 22.1. The third-order valence-corrected chi connectivity index (χ3v) is 5.11. The lowest BCUT2D eigenvalue weighted by Crippen LogP contribution is -2.21. The third kappa shape index (κ3) is 4.38. The van der Waals surface area contributed by atoms with Gasteiger partial charge in [-0.1, -0.05) is 25.6 Å². The molecule has 32 heavy (non-hydrogen) atoms. The van der Waals surface area contributed by atoms with Crippen molar-refractivity contribution in [2.45, 2.75) is 34.3 Å². The van der Waals surface area contributed by atoms with Crippen LogP contribution in [0.4, 0.5) is 10.3 Å². The average Bonchev–Trinajstić information content (AvgIpc) is 2.72. The van der Waals surface area contributed by atoms with E-state index in [2.05, 4.69) is 15.3 Å². The van der Waals surface area contributed by atoms with E-state index in [0.717, 1.165) is 22.4 Å². The van der Waals surface area contributed by atoms with Crippen molar-refractivity contribution in [2.75, 3.05) is 11.9 Å². The minimum absolute atomic E-state index is 0. The number of rotatable bonds is 5. The fraction of sp³-hybridized carbons (Fsp3) is 0.240. The number of hydrogen-bond acceptors (Lipinski definition) is 5. The molecular formula is C25H27FN4O2. The zero-order valence-electron chi connectivity index (χ0n) is 17.6. The molecule has 0 radical (unpaired) electrons. The van der Waals surface area contributed by atoms with Gasteiger partial charge in [0.15, 0.2) is 5.65 Å². The van der Waals surface area contributed by atoms with Gasteiger partial charge in [0.2, 0.25) is 5.95 Å². The maximum atomic E-state index is 13.7. The van der Waals surface area contributed by atoms with E-state index in [4.69, 9.17) is 0 Å². The lowest BCUT2D eigenvalue weighted by Gasteiger charge is -2.16. The van der Waals surface area contributed by atoms with Crippen molar-refractivity contribution in [3.63, 3.8) is 0 Å². The quantitative estimate of drug-likeness (QED) is 0.479. The molecule has 0 saturated heterocycles. The smallest absolute Gasteiger partial charge is 0.256 e. The zero-order valence-corrected chi connectivity index (χ0v) is 17.6. The highest BCUT2D eigenvalue weighted by Gasteiger charge is 2.17. The van der Waals surface area contributed by atoms with Gasteiger partial charge >= 0.3 is 0 Å². The predicted molar refractivity (Wildman–Crippen MR) is 127 cm³/mol. The van der Waals surface area contributed by atoms with Gasteiger partial charge in [-0.2, -0.15) is 4.98 Å². The second kappa shape index (κ2) is 9.28. The number of benzene rings is 2. The lowest BCUT2D eigenvalue weighted by molar-refractivity contribution is 0.208. The highest BCUT2D eigenvalue weighted by Crippen LogP contribution is 2.30. The molecule has 0 unspecified atom stereocenters. The fourth-order valence-electron chi connectivity index (χ4n) is 3.58. The summed E-state index contributed by atoms with van der Waals surface area (Å²) in [5.41, 5.74) is 3.90. The van der Waals surface area contributed by atoms with Crippen LogP contribution < -0.4 is 10.9 Å². The minimum atomic E-state index is -0.607. The molecule has 4 aromatic rings. The van der Waals surface area contributed by atoms with Gasteiger partial charge in [0.05, 0.1) is 17.5 Å². The van der Waals surface area contributed by atoms with Crippen molar-refractivity contribution in [1.29, 1.82) is 0 Å². The number of anilines is 1. The number of aliphatic hydroxyl groups is 1. The molecule has 2 aromatic heterocycles. The minimum Gasteiger partial charge on any atom is -0.392 e. The van der Waals surface area contributed by atoms with Crippen molar-refractivity contribution in [3.8, 4) is 16.9 Å². The molecule has 2 aromatic carbocycles. The number of hydrogen-bond donors (Lipinski definition) is 2. The monoisotopic (exact) mass is 434 g/mol. The van der Waals surface area contributed by atoms with E-state index in [9.17, 15) is 14.3 Å². The van der Waals surface area contributed by atoms with Crippen molar-refractivity contribution in [1.82, 2.24) is 14.5 Å². The van der Waals surface area contributed by atoms with Gasteiger partial charge in [0.1, 0.15) is 5.82 Å². The predicted octanol–water partition coefficient (Wildman–Crippen LogP) is 4.63. The second-order valence-electron chi connectivity index (χ2n) is 7.62. The molecule has 0 saturated carbocycles. The van der Waals surface area contributed by atoms with Crippen LogP contribution in [0.5, 0.6) is 0 Å². The molecule has 0 spiro atoms. The molecule has 0 aliphatic rings. The number of fused-ring (bicyclic) bond motifs is 1. The van der Waals surface area contributed by atoms with Crippen LogP contribution in [0.25, 0.3) is 28.0 Å². The van der Waals surface area contributed by atoms with Crippen molar-refractivity contribution in [3.05, 3.63) is 81.9 Å². The van der Waals surface area contributed by atoms with E-state index >= 15 is 0 Å². The van der Waals surface area contributed by atoms with E-state index in [1.807, 2.05) is 38.1 Å². The Morgan fingerprint density at radius 2 is 1.81 bits per heavy atom. The standard InChI is InChI=1S/C24H23FN4O2.CH4/c1-14-6-4-5-7-20(14)29-21(31)11-10-19-22(18-9-8-17(25)12-15(18)2)27-24(28-23(19)29)26-13-16(3)30;/h4-12,16,30H,13H2,1-3H3,(H,26,27,28);1H4/t16-;/m1./s1. The van der Waals surface area contributed by atoms with E-state index < -0.39 is 6.10 Å². The Hall–Kier alpha value is -3.58. The Morgan fingerprint density at radius 3 is 2.50 bits per heavy atom. The van der Waals surface area contributed by atoms with Crippen LogP contribution in [0.2, 0.25) is 0 Å². The maximum absolute atomic E-state index is 13.7. The summed E-state index contributed by atoms with van der Waals surface area (Å²) in [7, 11) is 0. The van der Waals surface area contributed by atoms with E-state index in [0.29, 0.717) is 16.7 Å². The molecule has 6 nitrogen and oxygen atoms in total. The van der Waals surface area contributed by atoms with Gasteiger partial charge in [-0.15, -0.1) is 0 Å². The van der Waals surface area contributed by atoms with Gasteiger partial charge in [0, 0.05) is 23.6 Å². The van der Waals surface area contributed by atoms with Crippen LogP contribution in [0.1, 0.15) is 25.5 Å². The maximum Gasteiger partial charge on any atom is 0.256 e. The average molecular weight is 435 g/mol. The first-order chi connectivity index (χ1) is 14.8. The molecule has 2 N–H and O–H groups in total. The Morgan fingerprint density at radius 1 is 1.06 bits per heavy atom. The Kier molecular flexibility index (Phi) is 6.69. The summed E-state index contributed by atoms with van der Waals surface area (Å²) in [6.07, 6.45) is -0.607. The van der Waals surface area contributed by atoms with Crippen molar-refractivity contribution >= 4 is 17.0 Å². The largest absolute Gasteiger partial charge is 0.392 e. The van der Waals surface area contributed by atoms with E-state index in [1.54, 1.807) is 23.6 Å². The highest BCUT2D eigenvalue weighted by atomic mass is 19.1. The molecule has 0 aliphatic heterocycles. The highest BCUT2D eigenvalue weighted by molar-refractivity contribution is 5.93. The molecule has 7 heteroatoms. The summed E-state index contributed by atoms with van der Waals surface area (Å²) < 4.78 is 15.3. The molecule has 4 rings (SSSR count). The van der Waals surface area contributed by atoms with Crippen LogP contribution in [0.3, 0.4) is 0 Å². The second-order valence-corrected chi connectivity index (χ2v) is 7.62. The third-order valence-electron chi connectivity index (χ3n) is 5.11. The molecule has 0 fully saturated rings. The Balaban J connectivity index is 0.00000289. The summed E-state index contributed by atoms with van der Waals surface area (Å²) in [5, 5.41) is 13.4. The molecule has 0 bridgehead atoms. The summed E-state index contributed by atoms with van der Waals surface area (Å²) in [6, 6.07) is 15.3. The summed E-state index contributed by atoms with van der Waals surface area (Å²) >= 11 is 0. The molecule has 0 aliphatic carbocycles.